The summed E-state index contributed by atoms with van der Waals surface area (Å²) in [5.41, 5.74) is 4.05. The Labute approximate surface area is 253 Å². The number of rotatable bonds is 2. The third kappa shape index (κ3) is 5.04. The average Bonchev–Trinajstić information content (AvgIpc) is 3.48. The van der Waals surface area contributed by atoms with Crippen LogP contribution in [-0.4, -0.2) is 58.0 Å². The van der Waals surface area contributed by atoms with Gasteiger partial charge in [-0.3, -0.25) is 9.59 Å². The maximum atomic E-state index is 14.1. The van der Waals surface area contributed by atoms with Crippen molar-refractivity contribution in [3.05, 3.63) is 113 Å². The highest BCUT2D eigenvalue weighted by Crippen LogP contribution is 2.41. The van der Waals surface area contributed by atoms with Crippen molar-refractivity contribution in [2.24, 2.45) is 0 Å². The smallest absolute Gasteiger partial charge is 0.274 e. The number of phenolic OH excluding ortho intramolecular Hbond substituents is 1. The fraction of sp³-hybridized carbons (Fsp3) is 0.206. The van der Waals surface area contributed by atoms with Crippen LogP contribution in [0.25, 0.3) is 5.65 Å². The number of phenols is 1. The summed E-state index contributed by atoms with van der Waals surface area (Å²) in [4.78, 5) is 33.4. The van der Waals surface area contributed by atoms with Gasteiger partial charge in [0.25, 0.3) is 11.8 Å². The van der Waals surface area contributed by atoms with E-state index in [1.807, 2.05) is 70.1 Å². The van der Waals surface area contributed by atoms with Gasteiger partial charge in [0.2, 0.25) is 0 Å². The standard InChI is InChI=1S/C34H30N4O6/c1-42-29-11-6-22-18-30(29)43-16-4-13-35-33(40)26-19-24(8-10-28(26)39)44-23-7-9-25-21(17-23)12-15-38(32(22)25)34(41)27-20-37-14-3-2-5-31(37)36-27/h2-3,5-11,14,17-20,32,39H,4,12-13,15-16H2,1H3,(H,35,40). The summed E-state index contributed by atoms with van der Waals surface area (Å²) in [5.74, 6) is 1.40. The lowest BCUT2D eigenvalue weighted by Gasteiger charge is -2.37. The molecule has 5 aromatic rings. The average molecular weight is 591 g/mol. The number of hydrogen-bond donors (Lipinski definition) is 2. The summed E-state index contributed by atoms with van der Waals surface area (Å²) in [6.45, 7) is 1.10. The Morgan fingerprint density at radius 3 is 2.80 bits per heavy atom. The van der Waals surface area contributed by atoms with E-state index in [-0.39, 0.29) is 17.2 Å². The Morgan fingerprint density at radius 1 is 1.07 bits per heavy atom. The van der Waals surface area contributed by atoms with E-state index in [9.17, 15) is 14.7 Å². The highest BCUT2D eigenvalue weighted by atomic mass is 16.5. The first-order valence-corrected chi connectivity index (χ1v) is 14.5. The molecule has 2 aromatic heterocycles. The number of benzene rings is 3. The van der Waals surface area contributed by atoms with E-state index in [2.05, 4.69) is 10.3 Å². The van der Waals surface area contributed by atoms with Gasteiger partial charge in [-0.2, -0.15) is 0 Å². The van der Waals surface area contributed by atoms with Crippen molar-refractivity contribution < 1.29 is 28.9 Å². The number of imidazole rings is 1. The lowest BCUT2D eigenvalue weighted by atomic mass is 9.87. The van der Waals surface area contributed by atoms with Crippen LogP contribution in [0.1, 0.15) is 50.0 Å². The van der Waals surface area contributed by atoms with Crippen molar-refractivity contribution in [2.45, 2.75) is 18.9 Å². The first-order valence-electron chi connectivity index (χ1n) is 14.5. The van der Waals surface area contributed by atoms with E-state index in [1.54, 1.807) is 19.4 Å². The first kappa shape index (κ1) is 27.3. The Balaban J connectivity index is 1.33. The van der Waals surface area contributed by atoms with Gasteiger partial charge in [0, 0.05) is 25.5 Å². The molecule has 8 rings (SSSR count). The third-order valence-electron chi connectivity index (χ3n) is 8.00. The summed E-state index contributed by atoms with van der Waals surface area (Å²) in [5, 5.41) is 13.2. The van der Waals surface area contributed by atoms with Crippen LogP contribution in [0, 0.1) is 0 Å². The molecule has 0 aliphatic carbocycles. The molecule has 0 spiro atoms. The number of carbonyl (C=O) groups is 2. The number of aromatic hydroxyl groups is 1. The number of nitrogens with zero attached hydrogens (tertiary/aromatic N) is 3. The number of methoxy groups -OCH3 is 1. The highest BCUT2D eigenvalue weighted by molar-refractivity contribution is 5.97. The van der Waals surface area contributed by atoms with Crippen LogP contribution in [0.15, 0.2) is 85.2 Å². The number of carbonyl (C=O) groups excluding carboxylic acids is 2. The Morgan fingerprint density at radius 2 is 1.93 bits per heavy atom. The van der Waals surface area contributed by atoms with E-state index >= 15 is 0 Å². The first-order chi connectivity index (χ1) is 21.5. The lowest BCUT2D eigenvalue weighted by molar-refractivity contribution is 0.0688. The summed E-state index contributed by atoms with van der Waals surface area (Å²) in [6.07, 6.45) is 4.75. The van der Waals surface area contributed by atoms with Crippen LogP contribution >= 0.6 is 0 Å². The molecular formula is C34H30N4O6. The molecule has 1 unspecified atom stereocenters. The van der Waals surface area contributed by atoms with Crippen molar-refractivity contribution in [2.75, 3.05) is 26.8 Å². The summed E-state index contributed by atoms with van der Waals surface area (Å²) in [7, 11) is 1.58. The van der Waals surface area contributed by atoms with E-state index in [0.29, 0.717) is 66.9 Å². The minimum absolute atomic E-state index is 0.123. The molecule has 10 heteroatoms. The molecule has 8 bridgehead atoms. The van der Waals surface area contributed by atoms with Crippen molar-refractivity contribution in [3.63, 3.8) is 0 Å². The molecule has 3 aliphatic heterocycles. The van der Waals surface area contributed by atoms with Gasteiger partial charge in [-0.1, -0.05) is 18.2 Å². The van der Waals surface area contributed by atoms with Crippen LogP contribution in [-0.2, 0) is 6.42 Å². The molecule has 0 radical (unpaired) electrons. The Bertz CT molecular complexity index is 1870. The van der Waals surface area contributed by atoms with Gasteiger partial charge in [0.15, 0.2) is 11.5 Å². The second kappa shape index (κ2) is 11.3. The number of ether oxygens (including phenoxy) is 3. The van der Waals surface area contributed by atoms with Crippen LogP contribution in [0.2, 0.25) is 0 Å². The molecule has 3 aromatic carbocycles. The van der Waals surface area contributed by atoms with Gasteiger partial charge in [-0.05, 0) is 84.1 Å². The number of aromatic nitrogens is 2. The topological polar surface area (TPSA) is 115 Å². The molecule has 3 aliphatic rings. The SMILES string of the molecule is COc1ccc2cc1OCCCNC(=O)c1cc(ccc1O)Oc1ccc3c(c1)CCN(C(=O)c1cn4ccccc4n1)C23. The van der Waals surface area contributed by atoms with Crippen LogP contribution in [0.3, 0.4) is 0 Å². The number of amides is 2. The summed E-state index contributed by atoms with van der Waals surface area (Å²) >= 11 is 0. The van der Waals surface area contributed by atoms with E-state index in [4.69, 9.17) is 14.2 Å². The third-order valence-corrected chi connectivity index (χ3v) is 8.00. The fourth-order valence-corrected chi connectivity index (χ4v) is 5.85. The number of fused-ring (bicyclic) bond motifs is 7. The van der Waals surface area contributed by atoms with Gasteiger partial charge < -0.3 is 33.9 Å². The lowest BCUT2D eigenvalue weighted by Crippen LogP contribution is -2.40. The Hall–Kier alpha value is -5.51. The molecule has 2 N–H and O–H groups in total. The van der Waals surface area contributed by atoms with Gasteiger partial charge in [-0.15, -0.1) is 0 Å². The highest BCUT2D eigenvalue weighted by Gasteiger charge is 2.34. The fourth-order valence-electron chi connectivity index (χ4n) is 5.85. The largest absolute Gasteiger partial charge is 0.507 e. The van der Waals surface area contributed by atoms with Gasteiger partial charge in [0.1, 0.15) is 28.6 Å². The normalized spacial score (nSPS) is 16.3. The zero-order valence-electron chi connectivity index (χ0n) is 24.0. The van der Waals surface area contributed by atoms with Crippen LogP contribution in [0.4, 0.5) is 0 Å². The van der Waals surface area contributed by atoms with E-state index < -0.39 is 11.9 Å². The molecule has 222 valence electrons. The minimum atomic E-state index is -0.420. The molecular weight excluding hydrogens is 560 g/mol. The number of nitrogens with one attached hydrogen (secondary N) is 1. The van der Waals surface area contributed by atoms with Gasteiger partial charge >= 0.3 is 0 Å². The molecule has 2 amide bonds. The van der Waals surface area contributed by atoms with Crippen LogP contribution < -0.4 is 19.5 Å². The van der Waals surface area contributed by atoms with Crippen LogP contribution in [0.5, 0.6) is 28.7 Å². The molecule has 5 heterocycles. The van der Waals surface area contributed by atoms with E-state index in [1.165, 1.54) is 12.1 Å². The molecule has 0 fully saturated rings. The monoisotopic (exact) mass is 590 g/mol. The zero-order chi connectivity index (χ0) is 30.2. The van der Waals surface area contributed by atoms with Gasteiger partial charge in [0.05, 0.1) is 25.3 Å². The zero-order valence-corrected chi connectivity index (χ0v) is 24.0. The van der Waals surface area contributed by atoms with Crippen molar-refractivity contribution in [1.82, 2.24) is 19.6 Å². The van der Waals surface area contributed by atoms with Crippen molar-refractivity contribution >= 4 is 17.5 Å². The molecule has 10 nitrogen and oxygen atoms in total. The molecule has 0 saturated carbocycles. The molecule has 44 heavy (non-hydrogen) atoms. The maximum Gasteiger partial charge on any atom is 0.274 e. The van der Waals surface area contributed by atoms with Crippen molar-refractivity contribution in [3.8, 4) is 28.7 Å². The maximum absolute atomic E-state index is 14.1. The Kier molecular flexibility index (Phi) is 7.01. The predicted molar refractivity (Wildman–Crippen MR) is 162 cm³/mol. The summed E-state index contributed by atoms with van der Waals surface area (Å²) in [6, 6.07) is 21.3. The van der Waals surface area contributed by atoms with E-state index in [0.717, 1.165) is 16.7 Å². The molecule has 1 atom stereocenters. The van der Waals surface area contributed by atoms with Gasteiger partial charge in [-0.25, -0.2) is 4.98 Å². The second-order valence-electron chi connectivity index (χ2n) is 10.8. The van der Waals surface area contributed by atoms with Crippen molar-refractivity contribution in [1.29, 1.82) is 0 Å². The quantitative estimate of drug-likeness (QED) is 0.293. The second-order valence-corrected chi connectivity index (χ2v) is 10.8. The minimum Gasteiger partial charge on any atom is -0.507 e. The predicted octanol–water partition coefficient (Wildman–Crippen LogP) is 5.14. The molecule has 0 saturated heterocycles. The number of pyridine rings is 1. The number of hydrogen-bond acceptors (Lipinski definition) is 7. The summed E-state index contributed by atoms with van der Waals surface area (Å²) < 4.78 is 19.7.